The number of fused-ring (bicyclic) bond motifs is 5. The number of aliphatic hydroxyl groups excluding tert-OH is 1. The molecule has 3 fully saturated rings. The summed E-state index contributed by atoms with van der Waals surface area (Å²) in [6.45, 7) is 6.88. The van der Waals surface area contributed by atoms with Crippen LogP contribution < -0.4 is 0 Å². The minimum absolute atomic E-state index is 0. The number of carbonyl (C=O) groups is 1. The summed E-state index contributed by atoms with van der Waals surface area (Å²) in [4.78, 5) is 12.1. The molecule has 0 aromatic rings. The molecule has 4 aliphatic carbocycles. The van der Waals surface area contributed by atoms with Crippen LogP contribution in [0.3, 0.4) is 0 Å². The van der Waals surface area contributed by atoms with Gasteiger partial charge in [-0.1, -0.05) is 26.3 Å². The summed E-state index contributed by atoms with van der Waals surface area (Å²) >= 11 is 0. The van der Waals surface area contributed by atoms with E-state index in [1.165, 1.54) is 31.3 Å². The van der Waals surface area contributed by atoms with Gasteiger partial charge in [-0.15, -0.1) is 0 Å². The van der Waals surface area contributed by atoms with E-state index in [0.29, 0.717) is 11.7 Å². The zero-order chi connectivity index (χ0) is 15.7. The van der Waals surface area contributed by atoms with Gasteiger partial charge in [0, 0.05) is 33.2 Å². The molecule has 4 rings (SSSR count). The van der Waals surface area contributed by atoms with Crippen LogP contribution in [0.4, 0.5) is 0 Å². The Balaban J connectivity index is 0.00000156. The number of ketones is 1. The Labute approximate surface area is 160 Å². The van der Waals surface area contributed by atoms with Crippen molar-refractivity contribution in [3.8, 4) is 0 Å². The van der Waals surface area contributed by atoms with Crippen molar-refractivity contribution in [3.63, 3.8) is 0 Å². The maximum Gasteiger partial charge on any atom is 0.158 e. The van der Waals surface area contributed by atoms with E-state index in [9.17, 15) is 9.90 Å². The molecular formula is C20H30O2Pb. The quantitative estimate of drug-likeness (QED) is 0.505. The molecule has 3 heteroatoms. The fourth-order valence-electron chi connectivity index (χ4n) is 6.87. The van der Waals surface area contributed by atoms with Crippen molar-refractivity contribution in [3.05, 3.63) is 11.6 Å². The number of allylic oxidation sites excluding steroid dienone is 1. The molecule has 0 aromatic carbocycles. The molecule has 0 saturated heterocycles. The standard InChI is InChI=1S/C20H30O2.Pb/c1-12-11-20(3)13(10-17(12)21)4-5-14-15-6-7-18(22)19(15,2)9-8-16(14)20;/h10,12,14-16,18,22H,4-9,11H2,1-3H3;/t12?,14-,15?,16-,18+,19+,20+;/m1./s1. The van der Waals surface area contributed by atoms with Gasteiger partial charge in [0.15, 0.2) is 5.78 Å². The fraction of sp³-hybridized carbons (Fsp3) is 0.850. The monoisotopic (exact) mass is 510 g/mol. The normalized spacial score (nSPS) is 51.9. The van der Waals surface area contributed by atoms with Gasteiger partial charge in [-0.25, -0.2) is 0 Å². The van der Waals surface area contributed by atoms with Gasteiger partial charge >= 0.3 is 0 Å². The first kappa shape index (κ1) is 18.1. The Hall–Kier alpha value is 0.292. The van der Waals surface area contributed by atoms with E-state index in [1.54, 1.807) is 0 Å². The van der Waals surface area contributed by atoms with Crippen LogP contribution in [0.25, 0.3) is 0 Å². The number of aliphatic hydroxyl groups is 1. The van der Waals surface area contributed by atoms with Gasteiger partial charge in [-0.2, -0.15) is 0 Å². The third-order valence-corrected chi connectivity index (χ3v) is 8.22. The molecule has 0 amide bonds. The molecule has 4 radical (unpaired) electrons. The van der Waals surface area contributed by atoms with E-state index in [-0.39, 0.29) is 50.2 Å². The molecule has 3 saturated carbocycles. The Morgan fingerprint density at radius 3 is 2.61 bits per heavy atom. The SMILES string of the molecule is CC1C[C@@]2(C)C(=CC1=O)CC[C@@H]1C3CC[C@H](O)[C@@]3(C)CC[C@H]12.[Pb]. The summed E-state index contributed by atoms with van der Waals surface area (Å²) in [5.74, 6) is 2.73. The van der Waals surface area contributed by atoms with E-state index in [0.717, 1.165) is 31.1 Å². The van der Waals surface area contributed by atoms with E-state index in [4.69, 9.17) is 0 Å². The fourth-order valence-corrected chi connectivity index (χ4v) is 6.87. The van der Waals surface area contributed by atoms with Crippen LogP contribution in [0.1, 0.15) is 65.7 Å². The Bertz CT molecular complexity index is 542. The Morgan fingerprint density at radius 1 is 1.13 bits per heavy atom. The minimum atomic E-state index is -0.0879. The summed E-state index contributed by atoms with van der Waals surface area (Å²) < 4.78 is 0. The topological polar surface area (TPSA) is 37.3 Å². The third kappa shape index (κ3) is 2.44. The predicted molar refractivity (Wildman–Crippen MR) is 93.0 cm³/mol. The first-order valence-corrected chi connectivity index (χ1v) is 9.29. The van der Waals surface area contributed by atoms with Gasteiger partial charge in [0.05, 0.1) is 6.10 Å². The van der Waals surface area contributed by atoms with Gasteiger partial charge in [0.25, 0.3) is 0 Å². The summed E-state index contributed by atoms with van der Waals surface area (Å²) in [7, 11) is 0. The van der Waals surface area contributed by atoms with Gasteiger partial charge in [-0.3, -0.25) is 4.79 Å². The summed E-state index contributed by atoms with van der Waals surface area (Å²) in [5, 5.41) is 10.5. The van der Waals surface area contributed by atoms with Crippen molar-refractivity contribution >= 4 is 33.1 Å². The molecule has 0 heterocycles. The molecule has 0 bridgehead atoms. The zero-order valence-corrected chi connectivity index (χ0v) is 18.7. The summed E-state index contributed by atoms with van der Waals surface area (Å²) in [5.41, 5.74) is 1.85. The number of hydrogen-bond donors (Lipinski definition) is 1. The second-order valence-electron chi connectivity index (χ2n) is 9.15. The first-order chi connectivity index (χ1) is 10.4. The van der Waals surface area contributed by atoms with Crippen molar-refractivity contribution in [1.82, 2.24) is 0 Å². The second kappa shape index (κ2) is 5.93. The summed E-state index contributed by atoms with van der Waals surface area (Å²) in [6.07, 6.45) is 9.93. The van der Waals surface area contributed by atoms with Crippen molar-refractivity contribution in [2.75, 3.05) is 0 Å². The van der Waals surface area contributed by atoms with Crippen LogP contribution in [0.15, 0.2) is 11.6 Å². The van der Waals surface area contributed by atoms with Crippen molar-refractivity contribution in [1.29, 1.82) is 0 Å². The molecule has 1 N–H and O–H groups in total. The van der Waals surface area contributed by atoms with Crippen LogP contribution >= 0.6 is 0 Å². The Kier molecular flexibility index (Phi) is 4.66. The first-order valence-electron chi connectivity index (χ1n) is 9.29. The third-order valence-electron chi connectivity index (χ3n) is 8.22. The van der Waals surface area contributed by atoms with Crippen molar-refractivity contribution < 1.29 is 9.90 Å². The van der Waals surface area contributed by atoms with E-state index >= 15 is 0 Å². The molecule has 0 spiro atoms. The van der Waals surface area contributed by atoms with Crippen LogP contribution in [-0.2, 0) is 4.79 Å². The molecule has 0 aromatic heterocycles. The number of hydrogen-bond acceptors (Lipinski definition) is 2. The molecular weight excluding hydrogens is 479 g/mol. The maximum absolute atomic E-state index is 12.1. The molecule has 7 atom stereocenters. The molecule has 4 aliphatic rings. The largest absolute Gasteiger partial charge is 0.393 e. The predicted octanol–water partition coefficient (Wildman–Crippen LogP) is 3.74. The average Bonchev–Trinajstić information content (AvgIpc) is 2.77. The molecule has 126 valence electrons. The molecule has 23 heavy (non-hydrogen) atoms. The zero-order valence-electron chi connectivity index (χ0n) is 14.8. The van der Waals surface area contributed by atoms with Gasteiger partial charge in [-0.05, 0) is 79.6 Å². The van der Waals surface area contributed by atoms with Crippen LogP contribution in [0.2, 0.25) is 0 Å². The minimum Gasteiger partial charge on any atom is -0.393 e. The smallest absolute Gasteiger partial charge is 0.158 e. The van der Waals surface area contributed by atoms with E-state index in [2.05, 4.69) is 20.8 Å². The van der Waals surface area contributed by atoms with Gasteiger partial charge < -0.3 is 5.11 Å². The van der Waals surface area contributed by atoms with Crippen LogP contribution in [0.5, 0.6) is 0 Å². The molecule has 2 unspecified atom stereocenters. The van der Waals surface area contributed by atoms with Crippen LogP contribution in [-0.4, -0.2) is 44.3 Å². The average molecular weight is 510 g/mol. The van der Waals surface area contributed by atoms with E-state index in [1.807, 2.05) is 6.08 Å². The molecule has 0 aliphatic heterocycles. The van der Waals surface area contributed by atoms with Crippen molar-refractivity contribution in [2.24, 2.45) is 34.5 Å². The number of rotatable bonds is 0. The second-order valence-corrected chi connectivity index (χ2v) is 9.15. The maximum atomic E-state index is 12.1. The summed E-state index contributed by atoms with van der Waals surface area (Å²) in [6, 6.07) is 0. The number of carbonyl (C=O) groups excluding carboxylic acids is 1. The Morgan fingerprint density at radius 2 is 1.87 bits per heavy atom. The van der Waals surface area contributed by atoms with E-state index < -0.39 is 0 Å². The molecule has 2 nitrogen and oxygen atoms in total. The van der Waals surface area contributed by atoms with Crippen LogP contribution in [0, 0.1) is 34.5 Å². The van der Waals surface area contributed by atoms with Gasteiger partial charge in [0.1, 0.15) is 0 Å². The van der Waals surface area contributed by atoms with Crippen molar-refractivity contribution in [2.45, 2.75) is 71.8 Å². The van der Waals surface area contributed by atoms with Gasteiger partial charge in [0.2, 0.25) is 0 Å².